The fourth-order valence-electron chi connectivity index (χ4n) is 3.92. The molecule has 4 rings (SSSR count). The van der Waals surface area contributed by atoms with Crippen molar-refractivity contribution in [2.75, 3.05) is 5.75 Å². The lowest BCUT2D eigenvalue weighted by atomic mass is 9.90. The van der Waals surface area contributed by atoms with Gasteiger partial charge in [-0.1, -0.05) is 12.1 Å². The number of H-pyrrole nitrogens is 1. The number of nitriles is 1. The Morgan fingerprint density at radius 1 is 1.28 bits per heavy atom. The summed E-state index contributed by atoms with van der Waals surface area (Å²) < 4.78 is 29.1. The molecule has 1 aromatic carbocycles. The van der Waals surface area contributed by atoms with Crippen LogP contribution >= 0.6 is 11.8 Å². The van der Waals surface area contributed by atoms with Crippen LogP contribution in [0.25, 0.3) is 11.0 Å². The van der Waals surface area contributed by atoms with Crippen LogP contribution in [-0.4, -0.2) is 20.3 Å². The van der Waals surface area contributed by atoms with E-state index in [1.807, 2.05) is 30.3 Å². The highest BCUT2D eigenvalue weighted by atomic mass is 32.2. The summed E-state index contributed by atoms with van der Waals surface area (Å²) in [4.78, 5) is 19.5. The summed E-state index contributed by atoms with van der Waals surface area (Å²) in [5.74, 6) is 0.578. The van der Waals surface area contributed by atoms with Gasteiger partial charge in [-0.15, -0.1) is 11.8 Å². The molecular weight excluding hydrogens is 394 g/mol. The fraction of sp³-hybridized carbons (Fsp3) is 0.381. The van der Waals surface area contributed by atoms with E-state index in [1.165, 1.54) is 11.8 Å². The van der Waals surface area contributed by atoms with Crippen molar-refractivity contribution in [1.82, 2.24) is 14.5 Å². The average Bonchev–Trinajstić information content (AvgIpc) is 3.04. The number of fused-ring (bicyclic) bond motifs is 2. The molecule has 5 nitrogen and oxygen atoms in total. The van der Waals surface area contributed by atoms with Gasteiger partial charge in [0.05, 0.1) is 16.6 Å². The molecule has 29 heavy (non-hydrogen) atoms. The van der Waals surface area contributed by atoms with Gasteiger partial charge in [0.25, 0.3) is 6.43 Å². The first-order chi connectivity index (χ1) is 14.1. The fourth-order valence-corrected chi connectivity index (χ4v) is 4.86. The predicted octanol–water partition coefficient (Wildman–Crippen LogP) is 4.60. The van der Waals surface area contributed by atoms with Crippen LogP contribution in [-0.2, 0) is 19.4 Å². The summed E-state index contributed by atoms with van der Waals surface area (Å²) in [6.07, 6.45) is 1.00. The first-order valence-corrected chi connectivity index (χ1v) is 10.6. The lowest BCUT2D eigenvalue weighted by Crippen LogP contribution is -2.17. The number of aromatic nitrogens is 3. The predicted molar refractivity (Wildman–Crippen MR) is 108 cm³/mol. The van der Waals surface area contributed by atoms with E-state index in [0.717, 1.165) is 23.9 Å². The molecule has 2 aromatic heterocycles. The molecule has 0 aliphatic heterocycles. The SMILES string of the molecule is N#Cc1c(SCCCn2c(=O)[nH]c3ccccc32)nc2c(c1C(F)F)CCCC2. The van der Waals surface area contributed by atoms with E-state index in [0.29, 0.717) is 47.8 Å². The van der Waals surface area contributed by atoms with Gasteiger partial charge in [0.2, 0.25) is 0 Å². The van der Waals surface area contributed by atoms with Gasteiger partial charge < -0.3 is 4.98 Å². The molecule has 0 bridgehead atoms. The van der Waals surface area contributed by atoms with Crippen LogP contribution in [0, 0.1) is 11.3 Å². The number of para-hydroxylation sites is 2. The van der Waals surface area contributed by atoms with Crippen molar-refractivity contribution >= 4 is 22.8 Å². The second kappa shape index (κ2) is 8.37. The lowest BCUT2D eigenvalue weighted by molar-refractivity contribution is 0.149. The molecule has 0 spiro atoms. The third-order valence-electron chi connectivity index (χ3n) is 5.26. The zero-order valence-electron chi connectivity index (χ0n) is 15.8. The van der Waals surface area contributed by atoms with Gasteiger partial charge in [-0.2, -0.15) is 5.26 Å². The highest BCUT2D eigenvalue weighted by molar-refractivity contribution is 7.99. The minimum atomic E-state index is -2.68. The number of halogens is 2. The van der Waals surface area contributed by atoms with Crippen molar-refractivity contribution in [3.63, 3.8) is 0 Å². The minimum absolute atomic E-state index is 0.00918. The topological polar surface area (TPSA) is 74.5 Å². The van der Waals surface area contributed by atoms with Gasteiger partial charge in [-0.3, -0.25) is 4.57 Å². The average molecular weight is 414 g/mol. The Morgan fingerprint density at radius 2 is 2.07 bits per heavy atom. The van der Waals surface area contributed by atoms with Crippen LogP contribution in [0.2, 0.25) is 0 Å². The second-order valence-electron chi connectivity index (χ2n) is 7.05. The van der Waals surface area contributed by atoms with Gasteiger partial charge >= 0.3 is 5.69 Å². The number of benzene rings is 1. The summed E-state index contributed by atoms with van der Waals surface area (Å²) in [5.41, 5.74) is 2.61. The molecule has 0 unspecified atom stereocenters. The van der Waals surface area contributed by atoms with E-state index in [1.54, 1.807) is 4.57 Å². The van der Waals surface area contributed by atoms with Crippen LogP contribution in [0.5, 0.6) is 0 Å². The van der Waals surface area contributed by atoms with E-state index in [4.69, 9.17) is 0 Å². The third kappa shape index (κ3) is 3.79. The highest BCUT2D eigenvalue weighted by Gasteiger charge is 2.27. The monoisotopic (exact) mass is 414 g/mol. The molecule has 0 fully saturated rings. The first kappa shape index (κ1) is 19.6. The van der Waals surface area contributed by atoms with Crippen molar-refractivity contribution in [3.8, 4) is 6.07 Å². The summed E-state index contributed by atoms with van der Waals surface area (Å²) in [7, 11) is 0. The molecule has 0 atom stereocenters. The first-order valence-electron chi connectivity index (χ1n) is 9.64. The molecule has 0 saturated carbocycles. The number of rotatable bonds is 6. The van der Waals surface area contributed by atoms with Crippen LogP contribution in [0.4, 0.5) is 8.78 Å². The van der Waals surface area contributed by atoms with Gasteiger partial charge in [-0.25, -0.2) is 18.6 Å². The molecule has 3 aromatic rings. The number of hydrogen-bond acceptors (Lipinski definition) is 4. The molecule has 0 radical (unpaired) electrons. The molecule has 150 valence electrons. The van der Waals surface area contributed by atoms with Crippen LogP contribution < -0.4 is 5.69 Å². The minimum Gasteiger partial charge on any atom is -0.306 e. The van der Waals surface area contributed by atoms with Crippen LogP contribution in [0.3, 0.4) is 0 Å². The highest BCUT2D eigenvalue weighted by Crippen LogP contribution is 2.37. The Balaban J connectivity index is 1.52. The maximum Gasteiger partial charge on any atom is 0.326 e. The smallest absolute Gasteiger partial charge is 0.306 e. The van der Waals surface area contributed by atoms with Gasteiger partial charge in [0, 0.05) is 23.6 Å². The molecular formula is C21H20F2N4OS. The number of nitrogens with one attached hydrogen (secondary N) is 1. The Morgan fingerprint density at radius 3 is 2.86 bits per heavy atom. The molecule has 2 heterocycles. The summed E-state index contributed by atoms with van der Waals surface area (Å²) in [6, 6.07) is 9.44. The van der Waals surface area contributed by atoms with Crippen molar-refractivity contribution < 1.29 is 8.78 Å². The zero-order chi connectivity index (χ0) is 20.4. The maximum atomic E-state index is 13.7. The van der Waals surface area contributed by atoms with Crippen LogP contribution in [0.1, 0.15) is 48.1 Å². The molecule has 0 amide bonds. The standard InChI is InChI=1S/C21H20F2N4OS/c22-19(23)18-13-6-1-2-7-15(13)25-20(14(18)12-24)29-11-5-10-27-17-9-4-3-8-16(17)26-21(27)28/h3-4,8-9,19H,1-2,5-7,10-11H2,(H,26,28). The van der Waals surface area contributed by atoms with E-state index in [-0.39, 0.29) is 16.8 Å². The Labute approximate surface area is 170 Å². The van der Waals surface area contributed by atoms with Gasteiger partial charge in [0.1, 0.15) is 11.1 Å². The number of thioether (sulfide) groups is 1. The summed E-state index contributed by atoms with van der Waals surface area (Å²) in [6.45, 7) is 0.504. The molecule has 1 aliphatic carbocycles. The number of alkyl halides is 2. The maximum absolute atomic E-state index is 13.7. The number of hydrogen-bond donors (Lipinski definition) is 1. The number of pyridine rings is 1. The number of aromatic amines is 1. The Kier molecular flexibility index (Phi) is 5.67. The second-order valence-corrected chi connectivity index (χ2v) is 8.14. The van der Waals surface area contributed by atoms with Crippen LogP contribution in [0.15, 0.2) is 34.1 Å². The van der Waals surface area contributed by atoms with Crippen molar-refractivity contribution in [1.29, 1.82) is 5.26 Å². The zero-order valence-corrected chi connectivity index (χ0v) is 16.6. The van der Waals surface area contributed by atoms with Gasteiger partial charge in [-0.05, 0) is 49.8 Å². The normalized spacial score (nSPS) is 13.6. The quantitative estimate of drug-likeness (QED) is 0.473. The van der Waals surface area contributed by atoms with Crippen molar-refractivity contribution in [2.24, 2.45) is 0 Å². The van der Waals surface area contributed by atoms with E-state index in [2.05, 4.69) is 9.97 Å². The Bertz CT molecular complexity index is 1150. The van der Waals surface area contributed by atoms with Gasteiger partial charge in [0.15, 0.2) is 0 Å². The number of nitrogens with zero attached hydrogens (tertiary/aromatic N) is 3. The summed E-state index contributed by atoms with van der Waals surface area (Å²) >= 11 is 1.32. The number of aryl methyl sites for hydroxylation is 2. The molecule has 8 heteroatoms. The van der Waals surface area contributed by atoms with Crippen molar-refractivity contribution in [3.05, 3.63) is 57.1 Å². The van der Waals surface area contributed by atoms with E-state index in [9.17, 15) is 18.8 Å². The Hall–Kier alpha value is -2.66. The summed E-state index contributed by atoms with van der Waals surface area (Å²) in [5, 5.41) is 9.91. The van der Waals surface area contributed by atoms with E-state index < -0.39 is 6.43 Å². The molecule has 1 aliphatic rings. The number of imidazole rings is 1. The van der Waals surface area contributed by atoms with Crippen molar-refractivity contribution in [2.45, 2.75) is 50.1 Å². The third-order valence-corrected chi connectivity index (χ3v) is 6.32. The van der Waals surface area contributed by atoms with E-state index >= 15 is 0 Å². The molecule has 0 saturated heterocycles. The molecule has 1 N–H and O–H groups in total. The lowest BCUT2D eigenvalue weighted by Gasteiger charge is -2.21. The largest absolute Gasteiger partial charge is 0.326 e.